The number of sulfonamides is 1. The van der Waals surface area contributed by atoms with Crippen LogP contribution in [0.15, 0.2) is 88.2 Å². The van der Waals surface area contributed by atoms with Gasteiger partial charge in [-0.05, 0) is 49.9 Å². The third-order valence-electron chi connectivity index (χ3n) is 3.48. The largest absolute Gasteiger partial charge is 0.485 e. The number of benzene rings is 2. The second-order valence-electron chi connectivity index (χ2n) is 5.57. The van der Waals surface area contributed by atoms with Gasteiger partial charge in [0.1, 0.15) is 6.61 Å². The van der Waals surface area contributed by atoms with Gasteiger partial charge < -0.3 is 4.74 Å². The monoisotopic (exact) mass is 370 g/mol. The van der Waals surface area contributed by atoms with Gasteiger partial charge >= 0.3 is 0 Å². The molecule has 2 aromatic rings. The molecule has 0 aliphatic heterocycles. The molecule has 0 unspecified atom stereocenters. The highest BCUT2D eigenvalue weighted by Crippen LogP contribution is 2.16. The van der Waals surface area contributed by atoms with Crippen molar-refractivity contribution in [3.63, 3.8) is 0 Å². The number of nitrogens with zero attached hydrogens (tertiary/aromatic N) is 1. The van der Waals surface area contributed by atoms with Crippen LogP contribution in [0.2, 0.25) is 0 Å². The van der Waals surface area contributed by atoms with E-state index in [2.05, 4.69) is 16.4 Å². The molecule has 0 fully saturated rings. The van der Waals surface area contributed by atoms with Gasteiger partial charge in [-0.1, -0.05) is 48.5 Å². The Labute approximate surface area is 154 Å². The average molecular weight is 370 g/mol. The predicted molar refractivity (Wildman–Crippen MR) is 104 cm³/mol. The maximum atomic E-state index is 12.6. The Morgan fingerprint density at radius 1 is 1.19 bits per heavy atom. The lowest BCUT2D eigenvalue weighted by Gasteiger charge is -2.13. The van der Waals surface area contributed by atoms with Crippen LogP contribution in [0.5, 0.6) is 0 Å². The molecule has 6 heteroatoms. The minimum Gasteiger partial charge on any atom is -0.485 e. The molecule has 26 heavy (non-hydrogen) atoms. The summed E-state index contributed by atoms with van der Waals surface area (Å²) in [4.78, 5) is 3.97. The normalized spacial score (nSPS) is 12.5. The molecule has 0 atom stereocenters. The highest BCUT2D eigenvalue weighted by atomic mass is 32.2. The number of hydrogen-bond donors (Lipinski definition) is 1. The zero-order chi connectivity index (χ0) is 19.0. The molecular formula is C20H22N2O3S. The number of allylic oxidation sites excluding steroid dienone is 2. The number of nitrogens with one attached hydrogen (secondary N) is 1. The van der Waals surface area contributed by atoms with E-state index < -0.39 is 10.0 Å². The van der Waals surface area contributed by atoms with E-state index in [4.69, 9.17) is 4.74 Å². The van der Waals surface area contributed by atoms with Crippen LogP contribution in [0.25, 0.3) is 0 Å². The van der Waals surface area contributed by atoms with Crippen molar-refractivity contribution in [3.8, 4) is 0 Å². The Kier molecular flexibility index (Phi) is 6.74. The van der Waals surface area contributed by atoms with Crippen molar-refractivity contribution < 1.29 is 13.2 Å². The first-order valence-electron chi connectivity index (χ1n) is 8.06. The summed E-state index contributed by atoms with van der Waals surface area (Å²) in [6.45, 7) is 7.39. The molecule has 0 bridgehead atoms. The molecule has 0 saturated heterocycles. The molecule has 0 radical (unpaired) electrons. The molecule has 0 saturated carbocycles. The Morgan fingerprint density at radius 3 is 2.54 bits per heavy atom. The highest BCUT2D eigenvalue weighted by molar-refractivity contribution is 7.89. The molecule has 0 aromatic heterocycles. The number of aliphatic imine (C=N–C) groups is 1. The maximum Gasteiger partial charge on any atom is 0.263 e. The fourth-order valence-electron chi connectivity index (χ4n) is 2.21. The molecular weight excluding hydrogens is 348 g/mol. The molecule has 0 spiro atoms. The maximum absolute atomic E-state index is 12.6. The fraction of sp³-hybridized carbons (Fsp3) is 0.150. The summed E-state index contributed by atoms with van der Waals surface area (Å²) in [5.74, 6) is 0.336. The van der Waals surface area contributed by atoms with Crippen molar-refractivity contribution >= 4 is 16.7 Å². The second-order valence-corrected chi connectivity index (χ2v) is 7.25. The number of rotatable bonds is 8. The van der Waals surface area contributed by atoms with Crippen LogP contribution in [0.1, 0.15) is 18.1 Å². The first-order valence-corrected chi connectivity index (χ1v) is 9.54. The third kappa shape index (κ3) is 5.32. The summed E-state index contributed by atoms with van der Waals surface area (Å²) >= 11 is 0. The summed E-state index contributed by atoms with van der Waals surface area (Å²) < 4.78 is 33.5. The fourth-order valence-corrected chi connectivity index (χ4v) is 3.35. The van der Waals surface area contributed by atoms with Crippen molar-refractivity contribution in [2.45, 2.75) is 25.3 Å². The van der Waals surface area contributed by atoms with E-state index in [1.165, 1.54) is 6.07 Å². The SMILES string of the molecule is C=N/C(NS(=O)(=O)c1cccc(C)c1)=C(\C=C/C)OCc1ccccc1. The summed E-state index contributed by atoms with van der Waals surface area (Å²) in [6.07, 6.45) is 3.39. The van der Waals surface area contributed by atoms with Gasteiger partial charge in [0.25, 0.3) is 10.0 Å². The molecule has 1 N–H and O–H groups in total. The Morgan fingerprint density at radius 2 is 1.92 bits per heavy atom. The van der Waals surface area contributed by atoms with Crippen LogP contribution >= 0.6 is 0 Å². The lowest BCUT2D eigenvalue weighted by Crippen LogP contribution is -2.24. The van der Waals surface area contributed by atoms with Gasteiger partial charge in [-0.15, -0.1) is 0 Å². The zero-order valence-corrected chi connectivity index (χ0v) is 15.7. The Balaban J connectivity index is 2.29. The average Bonchev–Trinajstić information content (AvgIpc) is 2.64. The summed E-state index contributed by atoms with van der Waals surface area (Å²) in [5, 5.41) is 0. The van der Waals surface area contributed by atoms with E-state index in [0.29, 0.717) is 5.76 Å². The van der Waals surface area contributed by atoms with Gasteiger partial charge in [-0.2, -0.15) is 0 Å². The third-order valence-corrected chi connectivity index (χ3v) is 4.81. The molecule has 0 heterocycles. The molecule has 2 aromatic carbocycles. The lowest BCUT2D eigenvalue weighted by atomic mass is 10.2. The van der Waals surface area contributed by atoms with Crippen LogP contribution in [0, 0.1) is 6.92 Å². The first kappa shape index (κ1) is 19.5. The van der Waals surface area contributed by atoms with Crippen molar-refractivity contribution in [1.82, 2.24) is 4.72 Å². The molecule has 136 valence electrons. The van der Waals surface area contributed by atoms with Gasteiger partial charge in [0.05, 0.1) is 4.90 Å². The number of aryl methyl sites for hydroxylation is 1. The van der Waals surface area contributed by atoms with E-state index in [-0.39, 0.29) is 17.3 Å². The summed E-state index contributed by atoms with van der Waals surface area (Å²) in [5.41, 5.74) is 1.80. The summed E-state index contributed by atoms with van der Waals surface area (Å²) in [6, 6.07) is 16.2. The highest BCUT2D eigenvalue weighted by Gasteiger charge is 2.17. The zero-order valence-electron chi connectivity index (χ0n) is 14.8. The Hall–Kier alpha value is -2.86. The van der Waals surface area contributed by atoms with E-state index in [0.717, 1.165) is 11.1 Å². The molecule has 5 nitrogen and oxygen atoms in total. The van der Waals surface area contributed by atoms with E-state index in [9.17, 15) is 8.42 Å². The Bertz CT molecular complexity index is 917. The second kappa shape index (κ2) is 9.01. The topological polar surface area (TPSA) is 67.8 Å². The number of hydrogen-bond acceptors (Lipinski definition) is 4. The quantitative estimate of drug-likeness (QED) is 0.435. The molecule has 2 rings (SSSR count). The van der Waals surface area contributed by atoms with Gasteiger partial charge in [0.15, 0.2) is 11.6 Å². The summed E-state index contributed by atoms with van der Waals surface area (Å²) in [7, 11) is -3.80. The molecule has 0 aliphatic carbocycles. The minimum absolute atomic E-state index is 0.0422. The first-order chi connectivity index (χ1) is 12.5. The van der Waals surface area contributed by atoms with Gasteiger partial charge in [0, 0.05) is 0 Å². The van der Waals surface area contributed by atoms with E-state index in [1.807, 2.05) is 50.2 Å². The van der Waals surface area contributed by atoms with E-state index in [1.54, 1.807) is 24.3 Å². The molecule has 0 amide bonds. The van der Waals surface area contributed by atoms with E-state index >= 15 is 0 Å². The van der Waals surface area contributed by atoms with Crippen LogP contribution in [-0.4, -0.2) is 15.1 Å². The standard InChI is InChI=1S/C20H22N2O3S/c1-4-9-19(25-15-17-11-6-5-7-12-17)20(21-3)22-26(23,24)18-13-8-10-16(2)14-18/h4-14,22H,3,15H2,1-2H3/b9-4-,20-19-. The van der Waals surface area contributed by atoms with Gasteiger partial charge in [-0.3, -0.25) is 4.72 Å². The molecule has 0 aliphatic rings. The van der Waals surface area contributed by atoms with Crippen LogP contribution in [0.3, 0.4) is 0 Å². The van der Waals surface area contributed by atoms with Gasteiger partial charge in [0.2, 0.25) is 0 Å². The van der Waals surface area contributed by atoms with Gasteiger partial charge in [-0.25, -0.2) is 13.4 Å². The van der Waals surface area contributed by atoms with Crippen molar-refractivity contribution in [1.29, 1.82) is 0 Å². The van der Waals surface area contributed by atoms with Crippen LogP contribution in [-0.2, 0) is 21.4 Å². The van der Waals surface area contributed by atoms with Crippen molar-refractivity contribution in [2.75, 3.05) is 0 Å². The van der Waals surface area contributed by atoms with Crippen molar-refractivity contribution in [3.05, 3.63) is 89.5 Å². The van der Waals surface area contributed by atoms with Crippen LogP contribution in [0.4, 0.5) is 0 Å². The van der Waals surface area contributed by atoms with Crippen molar-refractivity contribution in [2.24, 2.45) is 4.99 Å². The van der Waals surface area contributed by atoms with Crippen LogP contribution < -0.4 is 4.72 Å². The predicted octanol–water partition coefficient (Wildman–Crippen LogP) is 3.94. The smallest absolute Gasteiger partial charge is 0.263 e. The minimum atomic E-state index is -3.80. The number of ether oxygens (including phenoxy) is 1. The lowest BCUT2D eigenvalue weighted by molar-refractivity contribution is 0.206.